The van der Waals surface area contributed by atoms with Gasteiger partial charge in [-0.2, -0.15) is 11.6 Å². The van der Waals surface area contributed by atoms with Crippen molar-refractivity contribution in [2.75, 3.05) is 0 Å². The summed E-state index contributed by atoms with van der Waals surface area (Å²) in [6.07, 6.45) is 7.72. The second-order valence-electron chi connectivity index (χ2n) is 6.29. The second kappa shape index (κ2) is 9.81. The molecule has 0 amide bonds. The van der Waals surface area contributed by atoms with E-state index in [1.54, 1.807) is 24.2 Å². The molecule has 0 atom stereocenters. The van der Waals surface area contributed by atoms with Crippen LogP contribution >= 0.6 is 0 Å². The van der Waals surface area contributed by atoms with Crippen LogP contribution in [0.5, 0.6) is 0 Å². The van der Waals surface area contributed by atoms with Crippen molar-refractivity contribution in [2.24, 2.45) is 0 Å². The van der Waals surface area contributed by atoms with Crippen LogP contribution in [-0.2, 0) is 30.7 Å². The second-order valence-corrected chi connectivity index (χ2v) is 8.75. The van der Waals surface area contributed by atoms with E-state index >= 15 is 0 Å². The molecule has 0 fully saturated rings. The molecule has 0 unspecified atom stereocenters. The molecule has 25 heavy (non-hydrogen) atoms. The summed E-state index contributed by atoms with van der Waals surface area (Å²) in [5.41, 5.74) is 9.83. The van der Waals surface area contributed by atoms with E-state index in [4.69, 9.17) is 0 Å². The number of fused-ring (bicyclic) bond motifs is 3. The Labute approximate surface area is 178 Å². The topological polar surface area (TPSA) is 0 Å². The summed E-state index contributed by atoms with van der Waals surface area (Å²) < 4.78 is 1.51. The number of rotatable bonds is 1. The molecule has 128 valence electrons. The van der Waals surface area contributed by atoms with E-state index in [9.17, 15) is 0 Å². The van der Waals surface area contributed by atoms with E-state index in [1.165, 1.54) is 42.2 Å². The van der Waals surface area contributed by atoms with Gasteiger partial charge in [0, 0.05) is 0 Å². The Morgan fingerprint density at radius 3 is 2.16 bits per heavy atom. The molecule has 3 heteroatoms. The van der Waals surface area contributed by atoms with Crippen LogP contribution in [0.3, 0.4) is 0 Å². The van der Waals surface area contributed by atoms with Crippen molar-refractivity contribution in [1.29, 1.82) is 0 Å². The van der Waals surface area contributed by atoms with E-state index in [-0.39, 0.29) is 24.8 Å². The molecule has 0 saturated heterocycles. The predicted molar refractivity (Wildman–Crippen MR) is 96.1 cm³/mol. The van der Waals surface area contributed by atoms with Gasteiger partial charge < -0.3 is 24.8 Å². The van der Waals surface area contributed by atoms with Crippen molar-refractivity contribution < 1.29 is 49.0 Å². The largest absolute Gasteiger partial charge is 1.00 e. The van der Waals surface area contributed by atoms with Crippen LogP contribution in [0, 0.1) is 6.08 Å². The third kappa shape index (κ3) is 4.91. The molecular formula is C22H21Cl2Zr-. The standard InChI is InChI=1S/C19H15.C3H6.2ClH.Zr/c1-13-6-4-9-15(13)17-10-5-11-18-16-8-3-2-7-14(16)12-19(17)18;1-3-2;;;/h2-3,5,7-11H,4,12H2,1H3;1-2H3;2*1H;/q-1;;;;+2/p-2. The maximum atomic E-state index is 3.40. The number of halogens is 2. The summed E-state index contributed by atoms with van der Waals surface area (Å²) in [6, 6.07) is 15.4. The van der Waals surface area contributed by atoms with Crippen molar-refractivity contribution in [3.63, 3.8) is 0 Å². The Kier molecular flexibility index (Phi) is 8.75. The molecule has 0 nitrogen and oxygen atoms in total. The number of benzene rings is 2. The molecule has 0 aliphatic heterocycles. The molecule has 0 spiro atoms. The van der Waals surface area contributed by atoms with Gasteiger partial charge in [0.1, 0.15) is 0 Å². The first-order valence-corrected chi connectivity index (χ1v) is 9.31. The smallest absolute Gasteiger partial charge is 1.00 e. The van der Waals surface area contributed by atoms with E-state index < -0.39 is 0 Å². The molecule has 2 aliphatic carbocycles. The van der Waals surface area contributed by atoms with Crippen LogP contribution in [0.25, 0.3) is 16.7 Å². The summed E-state index contributed by atoms with van der Waals surface area (Å²) in [5, 5.41) is 0. The zero-order valence-electron chi connectivity index (χ0n) is 14.8. The quantitative estimate of drug-likeness (QED) is 0.444. The molecule has 0 heterocycles. The summed E-state index contributed by atoms with van der Waals surface area (Å²) in [4.78, 5) is 0. The number of allylic oxidation sites excluding steroid dienone is 4. The van der Waals surface area contributed by atoms with E-state index in [1.807, 2.05) is 0 Å². The van der Waals surface area contributed by atoms with Crippen LogP contribution in [0.2, 0.25) is 0 Å². The van der Waals surface area contributed by atoms with Gasteiger partial charge in [-0.1, -0.05) is 55.0 Å². The average Bonchev–Trinajstić information content (AvgIpc) is 3.10. The molecule has 2 aromatic carbocycles. The fourth-order valence-corrected chi connectivity index (χ4v) is 3.28. The fraction of sp³-hybridized carbons (Fsp3) is 0.227. The van der Waals surface area contributed by atoms with Crippen molar-refractivity contribution in [3.05, 3.63) is 76.9 Å². The van der Waals surface area contributed by atoms with Crippen molar-refractivity contribution in [1.82, 2.24) is 0 Å². The molecule has 0 bridgehead atoms. The summed E-state index contributed by atoms with van der Waals surface area (Å²) in [6.45, 7) is 6.41. The Morgan fingerprint density at radius 2 is 1.52 bits per heavy atom. The molecular weight excluding hydrogens is 426 g/mol. The third-order valence-corrected chi connectivity index (χ3v) is 4.22. The van der Waals surface area contributed by atoms with Gasteiger partial charge in [-0.05, 0) is 28.7 Å². The molecule has 0 saturated carbocycles. The summed E-state index contributed by atoms with van der Waals surface area (Å²) in [5.74, 6) is 0. The Hall–Kier alpha value is -0.747. The van der Waals surface area contributed by atoms with Gasteiger partial charge in [0.05, 0.1) is 0 Å². The molecule has 0 N–H and O–H groups in total. The molecule has 0 aromatic heterocycles. The average molecular weight is 448 g/mol. The fourth-order valence-electron chi connectivity index (χ4n) is 3.28. The van der Waals surface area contributed by atoms with Crippen molar-refractivity contribution in [2.45, 2.75) is 33.6 Å². The maximum absolute atomic E-state index is 3.40. The van der Waals surface area contributed by atoms with Gasteiger partial charge in [-0.3, -0.25) is 6.08 Å². The van der Waals surface area contributed by atoms with Crippen LogP contribution in [0.4, 0.5) is 0 Å². The SMILES string of the molecule is CC1=[C-]CC=C1c1cccc2c1Cc1ccccc1-2.C[C](C)=[Zr+2].[Cl-].[Cl-]. The maximum Gasteiger partial charge on any atom is -1.00 e. The van der Waals surface area contributed by atoms with Crippen molar-refractivity contribution >= 4 is 8.78 Å². The van der Waals surface area contributed by atoms with E-state index in [2.05, 4.69) is 75.4 Å². The van der Waals surface area contributed by atoms with Gasteiger partial charge in [0.15, 0.2) is 0 Å². The predicted octanol–water partition coefficient (Wildman–Crippen LogP) is -0.452. The molecule has 4 rings (SSSR count). The monoisotopic (exact) mass is 445 g/mol. The minimum atomic E-state index is 0. The van der Waals surface area contributed by atoms with Crippen LogP contribution in [-0.4, -0.2) is 3.21 Å². The minimum absolute atomic E-state index is 0. The van der Waals surface area contributed by atoms with Crippen molar-refractivity contribution in [3.8, 4) is 11.1 Å². The van der Waals surface area contributed by atoms with Gasteiger partial charge >= 0.3 is 41.3 Å². The van der Waals surface area contributed by atoms with E-state index in [0.29, 0.717) is 0 Å². The van der Waals surface area contributed by atoms with Crippen LogP contribution < -0.4 is 24.8 Å². The Balaban J connectivity index is 0.000000476. The van der Waals surface area contributed by atoms with Gasteiger partial charge in [0.25, 0.3) is 0 Å². The number of hydrogen-bond donors (Lipinski definition) is 0. The van der Waals surface area contributed by atoms with Gasteiger partial charge in [-0.25, -0.2) is 5.57 Å². The molecule has 0 radical (unpaired) electrons. The first-order valence-electron chi connectivity index (χ1n) is 8.08. The normalized spacial score (nSPS) is 13.2. The molecule has 2 aliphatic rings. The van der Waals surface area contributed by atoms with Gasteiger partial charge in [-0.15, -0.1) is 6.42 Å². The number of hydrogen-bond acceptors (Lipinski definition) is 0. The van der Waals surface area contributed by atoms with Crippen LogP contribution in [0.15, 0.2) is 54.1 Å². The third-order valence-electron chi connectivity index (χ3n) is 4.22. The van der Waals surface area contributed by atoms with Crippen LogP contribution in [0.1, 0.15) is 43.9 Å². The zero-order valence-corrected chi connectivity index (χ0v) is 18.8. The zero-order chi connectivity index (χ0) is 16.4. The van der Waals surface area contributed by atoms with E-state index in [0.717, 1.165) is 12.8 Å². The summed E-state index contributed by atoms with van der Waals surface area (Å²) in [7, 11) is 0. The molecule has 2 aromatic rings. The first kappa shape index (κ1) is 22.3. The summed E-state index contributed by atoms with van der Waals surface area (Å²) >= 11 is 1.55. The first-order chi connectivity index (χ1) is 11.1. The Bertz CT molecular complexity index is 828. The van der Waals surface area contributed by atoms with Gasteiger partial charge in [0.2, 0.25) is 0 Å². The minimum Gasteiger partial charge on any atom is -1.00 e. The Morgan fingerprint density at radius 1 is 0.920 bits per heavy atom.